The quantitative estimate of drug-likeness (QED) is 0.915. The third-order valence-electron chi connectivity index (χ3n) is 3.95. The molecule has 124 valence electrons. The molecule has 1 fully saturated rings. The van der Waals surface area contributed by atoms with Crippen LogP contribution in [0.5, 0.6) is 0 Å². The van der Waals surface area contributed by atoms with Crippen molar-refractivity contribution in [3.8, 4) is 6.07 Å². The molecule has 0 bridgehead atoms. The highest BCUT2D eigenvalue weighted by Gasteiger charge is 2.15. The first kappa shape index (κ1) is 16.6. The van der Waals surface area contributed by atoms with Crippen LogP contribution in [0.4, 0.5) is 15.8 Å². The largest absolute Gasteiger partial charge is 0.381 e. The number of hydrogen-bond acceptors (Lipinski definition) is 4. The molecular weight excluding hydrogens is 329 g/mol. The van der Waals surface area contributed by atoms with Crippen LogP contribution in [0.2, 0.25) is 5.02 Å². The van der Waals surface area contributed by atoms with Crippen LogP contribution in [-0.2, 0) is 11.3 Å². The van der Waals surface area contributed by atoms with Gasteiger partial charge in [-0.25, -0.2) is 4.39 Å². The fraction of sp³-hybridized carbons (Fsp3) is 0.278. The third kappa shape index (κ3) is 3.78. The van der Waals surface area contributed by atoms with Gasteiger partial charge in [0.1, 0.15) is 11.9 Å². The minimum atomic E-state index is -0.228. The van der Waals surface area contributed by atoms with E-state index < -0.39 is 0 Å². The van der Waals surface area contributed by atoms with Gasteiger partial charge in [0.25, 0.3) is 0 Å². The first-order valence-corrected chi connectivity index (χ1v) is 8.10. The zero-order valence-corrected chi connectivity index (χ0v) is 13.8. The Bertz CT molecular complexity index is 769. The first-order chi connectivity index (χ1) is 11.7. The van der Waals surface area contributed by atoms with E-state index in [4.69, 9.17) is 21.6 Å². The molecule has 1 heterocycles. The molecule has 0 saturated carbocycles. The van der Waals surface area contributed by atoms with Gasteiger partial charge in [0.2, 0.25) is 0 Å². The van der Waals surface area contributed by atoms with Crippen molar-refractivity contribution >= 4 is 23.0 Å². The molecule has 1 N–H and O–H groups in total. The molecule has 6 heteroatoms. The van der Waals surface area contributed by atoms with Crippen molar-refractivity contribution < 1.29 is 9.13 Å². The molecular formula is C18H17ClFN3O. The SMILES string of the molecule is N#Cc1ccc(NCc2ccc(N3CCOCC3)c(F)c2)cc1Cl. The van der Waals surface area contributed by atoms with Crippen molar-refractivity contribution in [1.29, 1.82) is 5.26 Å². The van der Waals surface area contributed by atoms with E-state index in [1.54, 1.807) is 24.3 Å². The second kappa shape index (κ2) is 7.52. The van der Waals surface area contributed by atoms with Crippen molar-refractivity contribution in [3.63, 3.8) is 0 Å². The Kier molecular flexibility index (Phi) is 5.19. The monoisotopic (exact) mass is 345 g/mol. The van der Waals surface area contributed by atoms with Crippen molar-refractivity contribution in [3.05, 3.63) is 58.4 Å². The predicted octanol–water partition coefficient (Wildman–Crippen LogP) is 3.80. The topological polar surface area (TPSA) is 48.3 Å². The van der Waals surface area contributed by atoms with E-state index in [0.29, 0.717) is 49.1 Å². The molecule has 0 amide bonds. The summed E-state index contributed by atoms with van der Waals surface area (Å²) >= 11 is 6.01. The normalized spacial score (nSPS) is 14.3. The Balaban J connectivity index is 1.66. The van der Waals surface area contributed by atoms with Gasteiger partial charge in [-0.05, 0) is 35.9 Å². The summed E-state index contributed by atoms with van der Waals surface area (Å²) < 4.78 is 19.6. The van der Waals surface area contributed by atoms with E-state index in [-0.39, 0.29) is 5.82 Å². The zero-order chi connectivity index (χ0) is 16.9. The summed E-state index contributed by atoms with van der Waals surface area (Å²) in [4.78, 5) is 2.00. The number of nitriles is 1. The minimum Gasteiger partial charge on any atom is -0.381 e. The van der Waals surface area contributed by atoms with Crippen LogP contribution >= 0.6 is 11.6 Å². The average Bonchev–Trinajstić information content (AvgIpc) is 2.61. The Hall–Kier alpha value is -2.29. The zero-order valence-electron chi connectivity index (χ0n) is 13.1. The lowest BCUT2D eigenvalue weighted by atomic mass is 10.1. The van der Waals surface area contributed by atoms with Gasteiger partial charge in [0.05, 0.1) is 29.5 Å². The van der Waals surface area contributed by atoms with E-state index in [2.05, 4.69) is 5.32 Å². The number of anilines is 2. The molecule has 1 aliphatic rings. The van der Waals surface area contributed by atoms with E-state index in [1.807, 2.05) is 23.1 Å². The summed E-state index contributed by atoms with van der Waals surface area (Å²) in [6.45, 7) is 3.14. The van der Waals surface area contributed by atoms with Gasteiger partial charge in [-0.3, -0.25) is 0 Å². The Morgan fingerprint density at radius 3 is 2.67 bits per heavy atom. The average molecular weight is 346 g/mol. The maximum absolute atomic E-state index is 14.4. The van der Waals surface area contributed by atoms with Crippen molar-refractivity contribution in [2.75, 3.05) is 36.5 Å². The molecule has 3 rings (SSSR count). The third-order valence-corrected chi connectivity index (χ3v) is 4.26. The van der Waals surface area contributed by atoms with Gasteiger partial charge in [-0.2, -0.15) is 5.26 Å². The second-order valence-corrected chi connectivity index (χ2v) is 5.95. The molecule has 0 aliphatic carbocycles. The molecule has 0 unspecified atom stereocenters. The first-order valence-electron chi connectivity index (χ1n) is 7.72. The van der Waals surface area contributed by atoms with Gasteiger partial charge in [-0.1, -0.05) is 17.7 Å². The molecule has 0 spiro atoms. The van der Waals surface area contributed by atoms with E-state index in [0.717, 1.165) is 11.3 Å². The molecule has 1 saturated heterocycles. The Labute approximate surface area is 145 Å². The number of nitrogens with zero attached hydrogens (tertiary/aromatic N) is 2. The molecule has 0 atom stereocenters. The number of morpholine rings is 1. The molecule has 4 nitrogen and oxygen atoms in total. The van der Waals surface area contributed by atoms with Crippen molar-refractivity contribution in [1.82, 2.24) is 0 Å². The van der Waals surface area contributed by atoms with E-state index >= 15 is 0 Å². The lowest BCUT2D eigenvalue weighted by Gasteiger charge is -2.29. The van der Waals surface area contributed by atoms with E-state index in [1.165, 1.54) is 0 Å². The summed E-state index contributed by atoms with van der Waals surface area (Å²) in [5.74, 6) is -0.228. The number of hydrogen-bond donors (Lipinski definition) is 1. The Morgan fingerprint density at radius 2 is 2.00 bits per heavy atom. The lowest BCUT2D eigenvalue weighted by molar-refractivity contribution is 0.122. The molecule has 0 radical (unpaired) electrons. The van der Waals surface area contributed by atoms with Gasteiger partial charge in [0.15, 0.2) is 0 Å². The lowest BCUT2D eigenvalue weighted by Crippen LogP contribution is -2.36. The predicted molar refractivity (Wildman–Crippen MR) is 92.9 cm³/mol. The van der Waals surface area contributed by atoms with Crippen LogP contribution < -0.4 is 10.2 Å². The van der Waals surface area contributed by atoms with Gasteiger partial charge >= 0.3 is 0 Å². The maximum atomic E-state index is 14.4. The summed E-state index contributed by atoms with van der Waals surface area (Å²) in [5.41, 5.74) is 2.67. The molecule has 2 aromatic rings. The van der Waals surface area contributed by atoms with Crippen molar-refractivity contribution in [2.24, 2.45) is 0 Å². The summed E-state index contributed by atoms with van der Waals surface area (Å²) in [6, 6.07) is 12.4. The fourth-order valence-electron chi connectivity index (χ4n) is 2.64. The highest BCUT2D eigenvalue weighted by Crippen LogP contribution is 2.23. The van der Waals surface area contributed by atoms with Crippen LogP contribution in [0.15, 0.2) is 36.4 Å². The number of halogens is 2. The van der Waals surface area contributed by atoms with Gasteiger partial charge in [-0.15, -0.1) is 0 Å². The molecule has 0 aromatic heterocycles. The smallest absolute Gasteiger partial charge is 0.146 e. The number of ether oxygens (including phenoxy) is 1. The van der Waals surface area contributed by atoms with Crippen LogP contribution in [0.1, 0.15) is 11.1 Å². The van der Waals surface area contributed by atoms with Gasteiger partial charge < -0.3 is 15.0 Å². The van der Waals surface area contributed by atoms with Crippen LogP contribution in [0.25, 0.3) is 0 Å². The summed E-state index contributed by atoms with van der Waals surface area (Å²) in [6.07, 6.45) is 0. The van der Waals surface area contributed by atoms with Gasteiger partial charge in [0, 0.05) is 25.3 Å². The highest BCUT2D eigenvalue weighted by molar-refractivity contribution is 6.32. The van der Waals surface area contributed by atoms with Crippen molar-refractivity contribution in [2.45, 2.75) is 6.54 Å². The molecule has 24 heavy (non-hydrogen) atoms. The maximum Gasteiger partial charge on any atom is 0.146 e. The molecule has 1 aliphatic heterocycles. The minimum absolute atomic E-state index is 0.228. The number of rotatable bonds is 4. The van der Waals surface area contributed by atoms with E-state index in [9.17, 15) is 4.39 Å². The van der Waals surface area contributed by atoms with Crippen LogP contribution in [0, 0.1) is 17.1 Å². The second-order valence-electron chi connectivity index (χ2n) is 5.55. The van der Waals surface area contributed by atoms with Crippen LogP contribution in [-0.4, -0.2) is 26.3 Å². The summed E-state index contributed by atoms with van der Waals surface area (Å²) in [7, 11) is 0. The fourth-order valence-corrected chi connectivity index (χ4v) is 2.86. The van der Waals surface area contributed by atoms with Crippen LogP contribution in [0.3, 0.4) is 0 Å². The summed E-state index contributed by atoms with van der Waals surface area (Å²) in [5, 5.41) is 12.5. The Morgan fingerprint density at radius 1 is 1.21 bits per heavy atom. The molecule has 2 aromatic carbocycles. The standard InChI is InChI=1S/C18H17ClFN3O/c19-16-10-15(3-2-14(16)11-21)22-12-13-1-4-18(17(20)9-13)23-5-7-24-8-6-23/h1-4,9-10,22H,5-8,12H2. The highest BCUT2D eigenvalue weighted by atomic mass is 35.5. The number of nitrogens with one attached hydrogen (secondary N) is 1. The number of benzene rings is 2.